The van der Waals surface area contributed by atoms with E-state index in [0.29, 0.717) is 16.9 Å². The molecule has 0 fully saturated rings. The second kappa shape index (κ2) is 6.29. The molecule has 0 saturated carbocycles. The Morgan fingerprint density at radius 1 is 1.10 bits per heavy atom. The number of hydrogen-bond acceptors (Lipinski definition) is 3. The summed E-state index contributed by atoms with van der Waals surface area (Å²) in [6, 6.07) is 11.8. The molecule has 100 valence electrons. The summed E-state index contributed by atoms with van der Waals surface area (Å²) in [5.74, 6) is -0.799. The molecule has 0 aliphatic carbocycles. The van der Waals surface area contributed by atoms with Crippen LogP contribution in [0.1, 0.15) is 15.9 Å². The van der Waals surface area contributed by atoms with Crippen molar-refractivity contribution in [3.05, 3.63) is 65.9 Å². The van der Waals surface area contributed by atoms with Gasteiger partial charge >= 0.3 is 5.97 Å². The summed E-state index contributed by atoms with van der Waals surface area (Å²) < 4.78 is 0. The van der Waals surface area contributed by atoms with Crippen LogP contribution in [0, 0.1) is 0 Å². The zero-order valence-corrected chi connectivity index (χ0v) is 10.5. The summed E-state index contributed by atoms with van der Waals surface area (Å²) in [5.41, 5.74) is 1.19. The minimum atomic E-state index is -1.01. The van der Waals surface area contributed by atoms with Gasteiger partial charge in [0.25, 0.3) is 5.91 Å². The molecule has 0 aliphatic heterocycles. The van der Waals surface area contributed by atoms with Crippen molar-refractivity contribution in [1.82, 2.24) is 4.98 Å². The number of aliphatic carboxylic acids is 1. The molecule has 0 radical (unpaired) electrons. The summed E-state index contributed by atoms with van der Waals surface area (Å²) in [7, 11) is 0. The lowest BCUT2D eigenvalue weighted by Gasteiger charge is -2.04. The van der Waals surface area contributed by atoms with Gasteiger partial charge in [0.1, 0.15) is 5.82 Å². The highest BCUT2D eigenvalue weighted by atomic mass is 16.4. The lowest BCUT2D eigenvalue weighted by atomic mass is 10.1. The van der Waals surface area contributed by atoms with Crippen LogP contribution in [0.5, 0.6) is 0 Å². The molecule has 0 aliphatic rings. The molecule has 0 saturated heterocycles. The van der Waals surface area contributed by atoms with Gasteiger partial charge in [0.15, 0.2) is 0 Å². The van der Waals surface area contributed by atoms with Gasteiger partial charge in [-0.2, -0.15) is 0 Å². The zero-order chi connectivity index (χ0) is 14.4. The highest BCUT2D eigenvalue weighted by molar-refractivity contribution is 6.03. The van der Waals surface area contributed by atoms with Crippen molar-refractivity contribution < 1.29 is 14.7 Å². The maximum atomic E-state index is 11.9. The molecule has 5 nitrogen and oxygen atoms in total. The van der Waals surface area contributed by atoms with Crippen molar-refractivity contribution in [3.8, 4) is 0 Å². The number of carbonyl (C=O) groups is 2. The molecule has 2 N–H and O–H groups in total. The Labute approximate surface area is 115 Å². The Balaban J connectivity index is 2.06. The number of carboxylic acid groups (broad SMARTS) is 1. The predicted molar refractivity (Wildman–Crippen MR) is 75.3 cm³/mol. The number of hydrogen-bond donors (Lipinski definition) is 2. The van der Waals surface area contributed by atoms with Crippen LogP contribution >= 0.6 is 0 Å². The highest BCUT2D eigenvalue weighted by Crippen LogP contribution is 2.09. The number of amides is 1. The van der Waals surface area contributed by atoms with Gasteiger partial charge in [-0.1, -0.05) is 18.2 Å². The molecule has 0 bridgehead atoms. The van der Waals surface area contributed by atoms with Crippen molar-refractivity contribution in [2.75, 3.05) is 5.32 Å². The third-order valence-electron chi connectivity index (χ3n) is 2.50. The van der Waals surface area contributed by atoms with Crippen LogP contribution in [-0.4, -0.2) is 22.0 Å². The van der Waals surface area contributed by atoms with Gasteiger partial charge in [-0.15, -0.1) is 0 Å². The smallest absolute Gasteiger partial charge is 0.328 e. The Hall–Kier alpha value is -2.95. The van der Waals surface area contributed by atoms with Crippen molar-refractivity contribution in [3.63, 3.8) is 0 Å². The number of rotatable bonds is 4. The Bertz CT molecular complexity index is 634. The van der Waals surface area contributed by atoms with E-state index < -0.39 is 5.97 Å². The van der Waals surface area contributed by atoms with Crippen LogP contribution in [-0.2, 0) is 4.79 Å². The normalized spacial score (nSPS) is 10.4. The topological polar surface area (TPSA) is 79.3 Å². The van der Waals surface area contributed by atoms with E-state index in [-0.39, 0.29) is 5.91 Å². The molecule has 2 rings (SSSR count). The van der Waals surface area contributed by atoms with Gasteiger partial charge in [0, 0.05) is 17.8 Å². The second-order valence-corrected chi connectivity index (χ2v) is 3.96. The maximum absolute atomic E-state index is 11.9. The first kappa shape index (κ1) is 13.5. The zero-order valence-electron chi connectivity index (χ0n) is 10.5. The highest BCUT2D eigenvalue weighted by Gasteiger charge is 2.05. The van der Waals surface area contributed by atoms with Crippen LogP contribution in [0.25, 0.3) is 6.08 Å². The fourth-order valence-corrected chi connectivity index (χ4v) is 1.54. The van der Waals surface area contributed by atoms with E-state index in [1.807, 2.05) is 0 Å². The van der Waals surface area contributed by atoms with E-state index >= 15 is 0 Å². The number of carbonyl (C=O) groups excluding carboxylic acids is 1. The quantitative estimate of drug-likeness (QED) is 0.835. The fourth-order valence-electron chi connectivity index (χ4n) is 1.54. The molecule has 0 unspecified atom stereocenters. The molecule has 0 spiro atoms. The number of pyridine rings is 1. The van der Waals surface area contributed by atoms with Gasteiger partial charge in [-0.3, -0.25) is 4.79 Å². The SMILES string of the molecule is O=C(O)C=Cc1ccc(C(=O)Nc2ccccn2)cc1. The van der Waals surface area contributed by atoms with Crippen molar-refractivity contribution in [2.24, 2.45) is 0 Å². The average Bonchev–Trinajstić information content (AvgIpc) is 2.46. The van der Waals surface area contributed by atoms with Gasteiger partial charge in [-0.25, -0.2) is 9.78 Å². The number of aromatic nitrogens is 1. The lowest BCUT2D eigenvalue weighted by Crippen LogP contribution is -2.12. The first-order valence-electron chi connectivity index (χ1n) is 5.88. The fraction of sp³-hybridized carbons (Fsp3) is 0. The molecule has 1 aromatic heterocycles. The molecule has 0 atom stereocenters. The Kier molecular flexibility index (Phi) is 4.24. The first-order chi connectivity index (χ1) is 9.65. The van der Waals surface area contributed by atoms with Crippen LogP contribution in [0.4, 0.5) is 5.82 Å². The van der Waals surface area contributed by atoms with Crippen molar-refractivity contribution in [1.29, 1.82) is 0 Å². The number of nitrogens with zero attached hydrogens (tertiary/aromatic N) is 1. The minimum absolute atomic E-state index is 0.266. The summed E-state index contributed by atoms with van der Waals surface area (Å²) in [6.45, 7) is 0. The summed E-state index contributed by atoms with van der Waals surface area (Å²) in [5, 5.41) is 11.2. The number of anilines is 1. The minimum Gasteiger partial charge on any atom is -0.478 e. The predicted octanol–water partition coefficient (Wildman–Crippen LogP) is 2.43. The molecule has 20 heavy (non-hydrogen) atoms. The van der Waals surface area contributed by atoms with Gasteiger partial charge in [0.05, 0.1) is 0 Å². The van der Waals surface area contributed by atoms with E-state index in [1.54, 1.807) is 48.7 Å². The molecular weight excluding hydrogens is 256 g/mol. The van der Waals surface area contributed by atoms with Crippen molar-refractivity contribution in [2.45, 2.75) is 0 Å². The first-order valence-corrected chi connectivity index (χ1v) is 5.88. The van der Waals surface area contributed by atoms with E-state index in [4.69, 9.17) is 5.11 Å². The van der Waals surface area contributed by atoms with Crippen LogP contribution < -0.4 is 5.32 Å². The molecule has 1 heterocycles. The number of carboxylic acids is 1. The van der Waals surface area contributed by atoms with Gasteiger partial charge in [0.2, 0.25) is 0 Å². The standard InChI is InChI=1S/C15H12N2O3/c18-14(19)9-6-11-4-7-12(8-5-11)15(20)17-13-3-1-2-10-16-13/h1-10H,(H,18,19)(H,16,17,20). The number of benzene rings is 1. The molecule has 1 aromatic carbocycles. The number of nitrogens with one attached hydrogen (secondary N) is 1. The maximum Gasteiger partial charge on any atom is 0.328 e. The molecular formula is C15H12N2O3. The van der Waals surface area contributed by atoms with Gasteiger partial charge < -0.3 is 10.4 Å². The largest absolute Gasteiger partial charge is 0.478 e. The van der Waals surface area contributed by atoms with E-state index in [1.165, 1.54) is 6.08 Å². The summed E-state index contributed by atoms with van der Waals surface area (Å²) >= 11 is 0. The second-order valence-electron chi connectivity index (χ2n) is 3.96. The van der Waals surface area contributed by atoms with Gasteiger partial charge in [-0.05, 0) is 35.9 Å². The Morgan fingerprint density at radius 3 is 2.45 bits per heavy atom. The van der Waals surface area contributed by atoms with Crippen molar-refractivity contribution >= 4 is 23.8 Å². The monoisotopic (exact) mass is 268 g/mol. The van der Waals surface area contributed by atoms with E-state index in [2.05, 4.69) is 10.3 Å². The lowest BCUT2D eigenvalue weighted by molar-refractivity contribution is -0.131. The average molecular weight is 268 g/mol. The third-order valence-corrected chi connectivity index (χ3v) is 2.50. The molecule has 2 aromatic rings. The van der Waals surface area contributed by atoms with Crippen LogP contribution in [0.3, 0.4) is 0 Å². The molecule has 5 heteroatoms. The Morgan fingerprint density at radius 2 is 1.85 bits per heavy atom. The summed E-state index contributed by atoms with van der Waals surface area (Å²) in [6.07, 6.45) is 4.10. The van der Waals surface area contributed by atoms with Crippen LogP contribution in [0.2, 0.25) is 0 Å². The molecule has 1 amide bonds. The van der Waals surface area contributed by atoms with E-state index in [0.717, 1.165) is 6.08 Å². The van der Waals surface area contributed by atoms with E-state index in [9.17, 15) is 9.59 Å². The van der Waals surface area contributed by atoms with Crippen LogP contribution in [0.15, 0.2) is 54.7 Å². The third kappa shape index (κ3) is 3.78. The summed E-state index contributed by atoms with van der Waals surface area (Å²) in [4.78, 5) is 26.3.